The van der Waals surface area contributed by atoms with Crippen molar-refractivity contribution in [1.82, 2.24) is 0 Å². The van der Waals surface area contributed by atoms with Gasteiger partial charge < -0.3 is 9.64 Å². The normalized spacial score (nSPS) is 13.9. The van der Waals surface area contributed by atoms with Gasteiger partial charge in [0.25, 0.3) is 5.91 Å². The van der Waals surface area contributed by atoms with Crippen molar-refractivity contribution >= 4 is 27.5 Å². The summed E-state index contributed by atoms with van der Waals surface area (Å²) < 4.78 is 19.5. The Kier molecular flexibility index (Phi) is 3.44. The van der Waals surface area contributed by atoms with E-state index in [4.69, 9.17) is 4.74 Å². The minimum atomic E-state index is -0.410. The van der Waals surface area contributed by atoms with Gasteiger partial charge in [-0.05, 0) is 27.6 Å². The molecule has 1 aliphatic heterocycles. The first kappa shape index (κ1) is 13.1. The molecule has 0 saturated heterocycles. The summed E-state index contributed by atoms with van der Waals surface area (Å²) in [5.74, 6) is -0.0900. The maximum absolute atomic E-state index is 13.6. The largest absolute Gasteiger partial charge is 0.480 e. The Hall–Kier alpha value is -1.88. The molecular formula is C15H11BrFNO2. The number of fused-ring (bicyclic) bond motifs is 1. The second-order valence-corrected chi connectivity index (χ2v) is 5.34. The van der Waals surface area contributed by atoms with Gasteiger partial charge in [-0.2, -0.15) is 0 Å². The fraction of sp³-hybridized carbons (Fsp3) is 0.133. The second kappa shape index (κ2) is 5.25. The van der Waals surface area contributed by atoms with Crippen LogP contribution in [0.25, 0.3) is 0 Å². The van der Waals surface area contributed by atoms with Crippen LogP contribution in [0.3, 0.4) is 0 Å². The molecule has 0 fully saturated rings. The van der Waals surface area contributed by atoms with Crippen LogP contribution in [0.1, 0.15) is 5.56 Å². The van der Waals surface area contributed by atoms with Crippen molar-refractivity contribution in [2.45, 2.75) is 6.54 Å². The molecule has 0 aliphatic carbocycles. The van der Waals surface area contributed by atoms with Crippen LogP contribution in [0.15, 0.2) is 46.9 Å². The molecule has 102 valence electrons. The maximum atomic E-state index is 13.6. The Labute approximate surface area is 124 Å². The summed E-state index contributed by atoms with van der Waals surface area (Å²) in [6.45, 7) is 0.357. The fourth-order valence-electron chi connectivity index (χ4n) is 2.18. The number of hydrogen-bond donors (Lipinski definition) is 0. The van der Waals surface area contributed by atoms with Gasteiger partial charge in [-0.1, -0.05) is 30.3 Å². The van der Waals surface area contributed by atoms with Crippen LogP contribution < -0.4 is 9.64 Å². The molecule has 0 aromatic heterocycles. The van der Waals surface area contributed by atoms with Gasteiger partial charge in [0.05, 0.1) is 16.7 Å². The number of nitrogens with zero attached hydrogens (tertiary/aromatic N) is 1. The summed E-state index contributed by atoms with van der Waals surface area (Å²) >= 11 is 3.26. The zero-order chi connectivity index (χ0) is 14.1. The van der Waals surface area contributed by atoms with Crippen molar-refractivity contribution in [2.75, 3.05) is 11.5 Å². The molecule has 0 N–H and O–H groups in total. The van der Waals surface area contributed by atoms with Gasteiger partial charge >= 0.3 is 0 Å². The van der Waals surface area contributed by atoms with Gasteiger partial charge in [-0.15, -0.1) is 0 Å². The average molecular weight is 336 g/mol. The summed E-state index contributed by atoms with van der Waals surface area (Å²) in [5.41, 5.74) is 1.44. The molecule has 2 aromatic carbocycles. The number of carbonyl (C=O) groups is 1. The van der Waals surface area contributed by atoms with E-state index in [2.05, 4.69) is 15.9 Å². The van der Waals surface area contributed by atoms with Crippen LogP contribution in [0.2, 0.25) is 0 Å². The van der Waals surface area contributed by atoms with Gasteiger partial charge in [-0.25, -0.2) is 4.39 Å². The second-order valence-electron chi connectivity index (χ2n) is 4.49. The highest BCUT2D eigenvalue weighted by atomic mass is 79.9. The van der Waals surface area contributed by atoms with E-state index in [-0.39, 0.29) is 12.5 Å². The van der Waals surface area contributed by atoms with Gasteiger partial charge in [0.1, 0.15) is 5.82 Å². The molecule has 0 atom stereocenters. The Balaban J connectivity index is 2.02. The number of carbonyl (C=O) groups excluding carboxylic acids is 1. The van der Waals surface area contributed by atoms with Crippen LogP contribution in [-0.2, 0) is 11.3 Å². The molecule has 0 spiro atoms. The third kappa shape index (κ3) is 2.41. The number of benzene rings is 2. The van der Waals surface area contributed by atoms with Crippen molar-refractivity contribution in [2.24, 2.45) is 0 Å². The first-order valence-corrected chi connectivity index (χ1v) is 6.90. The third-order valence-corrected chi connectivity index (χ3v) is 3.69. The van der Waals surface area contributed by atoms with Gasteiger partial charge in [-0.3, -0.25) is 4.79 Å². The monoisotopic (exact) mass is 335 g/mol. The zero-order valence-corrected chi connectivity index (χ0v) is 12.1. The number of halogens is 2. The first-order valence-electron chi connectivity index (χ1n) is 6.11. The van der Waals surface area contributed by atoms with E-state index in [1.807, 2.05) is 30.3 Å². The van der Waals surface area contributed by atoms with E-state index in [1.54, 1.807) is 4.90 Å². The third-order valence-electron chi connectivity index (χ3n) is 3.10. The van der Waals surface area contributed by atoms with Crippen molar-refractivity contribution in [3.05, 3.63) is 58.3 Å². The van der Waals surface area contributed by atoms with E-state index >= 15 is 0 Å². The number of hydrogen-bond acceptors (Lipinski definition) is 2. The summed E-state index contributed by atoms with van der Waals surface area (Å²) in [4.78, 5) is 13.6. The van der Waals surface area contributed by atoms with Gasteiger partial charge in [0.15, 0.2) is 12.4 Å². The van der Waals surface area contributed by atoms with Crippen LogP contribution in [0, 0.1) is 5.82 Å². The fourth-order valence-corrected chi connectivity index (χ4v) is 2.71. The van der Waals surface area contributed by atoms with E-state index in [0.717, 1.165) is 5.56 Å². The molecule has 1 heterocycles. The summed E-state index contributed by atoms with van der Waals surface area (Å²) in [6, 6.07) is 12.2. The highest BCUT2D eigenvalue weighted by molar-refractivity contribution is 9.10. The molecule has 3 rings (SSSR count). The minimum absolute atomic E-state index is 0.0376. The topological polar surface area (TPSA) is 29.5 Å². The maximum Gasteiger partial charge on any atom is 0.265 e. The number of amides is 1. The quantitative estimate of drug-likeness (QED) is 0.840. The highest BCUT2D eigenvalue weighted by Gasteiger charge is 2.28. The first-order chi connectivity index (χ1) is 9.65. The van der Waals surface area contributed by atoms with Crippen LogP contribution in [0.5, 0.6) is 5.75 Å². The highest BCUT2D eigenvalue weighted by Crippen LogP contribution is 2.39. The lowest BCUT2D eigenvalue weighted by molar-refractivity contribution is -0.121. The van der Waals surface area contributed by atoms with Gasteiger partial charge in [0.2, 0.25) is 0 Å². The average Bonchev–Trinajstić information content (AvgIpc) is 2.43. The van der Waals surface area contributed by atoms with Crippen molar-refractivity contribution in [1.29, 1.82) is 0 Å². The molecule has 1 aliphatic rings. The summed E-state index contributed by atoms with van der Waals surface area (Å²) in [6.07, 6.45) is 0. The molecule has 1 amide bonds. The van der Waals surface area contributed by atoms with E-state index in [1.165, 1.54) is 12.1 Å². The van der Waals surface area contributed by atoms with E-state index < -0.39 is 5.82 Å². The van der Waals surface area contributed by atoms with Crippen molar-refractivity contribution in [3.63, 3.8) is 0 Å². The Bertz CT molecular complexity index is 660. The predicted molar refractivity (Wildman–Crippen MR) is 77.2 cm³/mol. The Morgan fingerprint density at radius 1 is 1.25 bits per heavy atom. The SMILES string of the molecule is O=C1COc2c(Br)cc(F)cc2N1Cc1ccccc1. The van der Waals surface area contributed by atoms with Crippen molar-refractivity contribution < 1.29 is 13.9 Å². The predicted octanol–water partition coefficient (Wildman–Crippen LogP) is 3.51. The molecule has 0 saturated carbocycles. The Morgan fingerprint density at radius 3 is 2.75 bits per heavy atom. The minimum Gasteiger partial charge on any atom is -0.480 e. The Morgan fingerprint density at radius 2 is 2.00 bits per heavy atom. The van der Waals surface area contributed by atoms with Crippen LogP contribution >= 0.6 is 15.9 Å². The smallest absolute Gasteiger partial charge is 0.265 e. The molecule has 0 radical (unpaired) electrons. The molecule has 2 aromatic rings. The molecule has 0 unspecified atom stereocenters. The van der Waals surface area contributed by atoms with Crippen molar-refractivity contribution in [3.8, 4) is 5.75 Å². The summed E-state index contributed by atoms with van der Waals surface area (Å²) in [5, 5.41) is 0. The lowest BCUT2D eigenvalue weighted by Gasteiger charge is -2.30. The lowest BCUT2D eigenvalue weighted by atomic mass is 10.1. The zero-order valence-electron chi connectivity index (χ0n) is 10.5. The van der Waals surface area contributed by atoms with E-state index in [0.29, 0.717) is 22.5 Å². The molecular weight excluding hydrogens is 325 g/mol. The van der Waals surface area contributed by atoms with Crippen LogP contribution in [0.4, 0.5) is 10.1 Å². The number of ether oxygens (including phenoxy) is 1. The molecule has 5 heteroatoms. The van der Waals surface area contributed by atoms with E-state index in [9.17, 15) is 9.18 Å². The standard InChI is InChI=1S/C15H11BrFNO2/c16-12-6-11(17)7-13-15(12)20-9-14(19)18(13)8-10-4-2-1-3-5-10/h1-7H,8-9H2. The van der Waals surface area contributed by atoms with Gasteiger partial charge in [0, 0.05) is 6.07 Å². The molecule has 3 nitrogen and oxygen atoms in total. The van der Waals surface area contributed by atoms with Crippen LogP contribution in [-0.4, -0.2) is 12.5 Å². The summed E-state index contributed by atoms with van der Waals surface area (Å²) in [7, 11) is 0. The number of anilines is 1. The molecule has 0 bridgehead atoms. The number of rotatable bonds is 2. The lowest BCUT2D eigenvalue weighted by Crippen LogP contribution is -2.38. The molecule has 20 heavy (non-hydrogen) atoms.